The summed E-state index contributed by atoms with van der Waals surface area (Å²) in [6.45, 7) is 6.32. The molecule has 0 amide bonds. The molecule has 0 radical (unpaired) electrons. The Morgan fingerprint density at radius 1 is 1.29 bits per heavy atom. The van der Waals surface area contributed by atoms with E-state index in [4.69, 9.17) is 0 Å². The Morgan fingerprint density at radius 2 is 1.71 bits per heavy atom. The van der Waals surface area contributed by atoms with Crippen molar-refractivity contribution in [1.29, 1.82) is 0 Å². The Balaban J connectivity index is 0.000000241. The van der Waals surface area contributed by atoms with Crippen LogP contribution in [0.4, 0.5) is 0 Å². The van der Waals surface area contributed by atoms with Crippen molar-refractivity contribution in [2.24, 2.45) is 0 Å². The number of ether oxygens (including phenoxy) is 2. The van der Waals surface area contributed by atoms with Crippen LogP contribution >= 0.6 is 0 Å². The van der Waals surface area contributed by atoms with Crippen molar-refractivity contribution in [3.05, 3.63) is 24.5 Å². The predicted molar refractivity (Wildman–Crippen MR) is 46.8 cm³/mol. The molecule has 5 heteroatoms. The van der Waals surface area contributed by atoms with Crippen LogP contribution in [0.5, 0.6) is 0 Å². The molecule has 0 aromatic rings. The second-order valence-corrected chi connectivity index (χ2v) is 2.37. The quantitative estimate of drug-likeness (QED) is 0.352. The summed E-state index contributed by atoms with van der Waals surface area (Å²) in [4.78, 5) is 29.8. The van der Waals surface area contributed by atoms with Crippen LogP contribution < -0.4 is 0 Å². The highest BCUT2D eigenvalue weighted by atomic mass is 16.6. The van der Waals surface area contributed by atoms with Crippen LogP contribution in [-0.2, 0) is 23.9 Å². The molecule has 1 aliphatic rings. The van der Waals surface area contributed by atoms with Crippen LogP contribution in [0, 0.1) is 0 Å². The van der Waals surface area contributed by atoms with Crippen molar-refractivity contribution in [2.45, 2.75) is 13.8 Å². The summed E-state index contributed by atoms with van der Waals surface area (Å²) < 4.78 is 8.39. The predicted octanol–water partition coefficient (Wildman–Crippen LogP) is 0.709. The number of cyclic esters (lactones) is 2. The van der Waals surface area contributed by atoms with Gasteiger partial charge in [-0.15, -0.1) is 0 Å². The van der Waals surface area contributed by atoms with E-state index in [1.165, 1.54) is 6.92 Å². The lowest BCUT2D eigenvalue weighted by atomic mass is 10.6. The molecule has 0 aromatic heterocycles. The van der Waals surface area contributed by atoms with Crippen LogP contribution in [0.25, 0.3) is 0 Å². The van der Waals surface area contributed by atoms with E-state index in [0.29, 0.717) is 5.76 Å². The average molecular weight is 198 g/mol. The van der Waals surface area contributed by atoms with Gasteiger partial charge in [-0.2, -0.15) is 0 Å². The maximum Gasteiger partial charge on any atom is 0.338 e. The highest BCUT2D eigenvalue weighted by Crippen LogP contribution is 1.92. The summed E-state index contributed by atoms with van der Waals surface area (Å²) in [5.41, 5.74) is 0. The Labute approximate surface area is 81.0 Å². The van der Waals surface area contributed by atoms with E-state index >= 15 is 0 Å². The minimum absolute atomic E-state index is 0.312. The number of esters is 3. The molecule has 0 fully saturated rings. The Hall–Kier alpha value is -1.91. The largest absolute Gasteiger partial charge is 0.432 e. The highest BCUT2D eigenvalue weighted by molar-refractivity contribution is 6.04. The van der Waals surface area contributed by atoms with Crippen LogP contribution in [0.1, 0.15) is 13.8 Å². The van der Waals surface area contributed by atoms with E-state index in [1.54, 1.807) is 6.92 Å². The lowest BCUT2D eigenvalue weighted by Crippen LogP contribution is -1.96. The van der Waals surface area contributed by atoms with Crippen molar-refractivity contribution in [2.75, 3.05) is 0 Å². The lowest BCUT2D eigenvalue weighted by Gasteiger charge is -1.93. The summed E-state index contributed by atoms with van der Waals surface area (Å²) in [5, 5.41) is 0. The summed E-state index contributed by atoms with van der Waals surface area (Å²) in [7, 11) is 0. The van der Waals surface area contributed by atoms with Gasteiger partial charge < -0.3 is 9.47 Å². The molecular formula is C9H10O5. The van der Waals surface area contributed by atoms with Gasteiger partial charge in [0, 0.05) is 19.1 Å². The molecule has 1 aliphatic heterocycles. The van der Waals surface area contributed by atoms with Gasteiger partial charge in [0.2, 0.25) is 0 Å². The zero-order chi connectivity index (χ0) is 11.1. The van der Waals surface area contributed by atoms with Gasteiger partial charge in [0.15, 0.2) is 0 Å². The molecule has 1 heterocycles. The maximum atomic E-state index is 9.97. The first-order valence-corrected chi connectivity index (χ1v) is 3.69. The number of carbonyl (C=O) groups is 3. The summed E-state index contributed by atoms with van der Waals surface area (Å²) in [6.07, 6.45) is 2.17. The molecule has 0 aliphatic carbocycles. The first-order chi connectivity index (χ1) is 6.41. The van der Waals surface area contributed by atoms with Gasteiger partial charge in [-0.05, 0) is 6.92 Å². The molecule has 0 bridgehead atoms. The topological polar surface area (TPSA) is 69.7 Å². The number of rotatable bonds is 1. The minimum Gasteiger partial charge on any atom is -0.432 e. The van der Waals surface area contributed by atoms with Crippen LogP contribution in [0.3, 0.4) is 0 Å². The fraction of sp³-hybridized carbons (Fsp3) is 0.222. The molecule has 76 valence electrons. The molecule has 0 saturated heterocycles. The standard InChI is InChI=1S/C5H8O2.C4H2O3/c1-4(2)7-5(3)6;5-3-1-2-4(6)7-3/h1H2,2-3H3;1-2H. The van der Waals surface area contributed by atoms with Crippen molar-refractivity contribution in [1.82, 2.24) is 0 Å². The number of hydrogen-bond acceptors (Lipinski definition) is 5. The fourth-order valence-electron chi connectivity index (χ4n) is 0.549. The van der Waals surface area contributed by atoms with Gasteiger partial charge in [-0.25, -0.2) is 9.59 Å². The zero-order valence-corrected chi connectivity index (χ0v) is 7.90. The van der Waals surface area contributed by atoms with Gasteiger partial charge in [0.1, 0.15) is 0 Å². The molecule has 0 saturated carbocycles. The normalized spacial score (nSPS) is 12.7. The summed E-state index contributed by atoms with van der Waals surface area (Å²) in [6, 6.07) is 0. The molecular weight excluding hydrogens is 188 g/mol. The minimum atomic E-state index is -0.579. The van der Waals surface area contributed by atoms with Crippen LogP contribution in [-0.4, -0.2) is 17.9 Å². The number of allylic oxidation sites excluding steroid dienone is 1. The number of hydrogen-bond donors (Lipinski definition) is 0. The third-order valence-corrected chi connectivity index (χ3v) is 0.875. The Bertz CT molecular complexity index is 272. The first-order valence-electron chi connectivity index (χ1n) is 3.69. The van der Waals surface area contributed by atoms with E-state index in [2.05, 4.69) is 16.1 Å². The lowest BCUT2D eigenvalue weighted by molar-refractivity contribution is -0.150. The average Bonchev–Trinajstić information content (AvgIpc) is 2.32. The van der Waals surface area contributed by atoms with Crippen LogP contribution in [0.2, 0.25) is 0 Å². The first kappa shape index (κ1) is 12.1. The van der Waals surface area contributed by atoms with E-state index in [9.17, 15) is 14.4 Å². The second kappa shape index (κ2) is 5.69. The Kier molecular flexibility index (Phi) is 4.91. The summed E-state index contributed by atoms with van der Waals surface area (Å²) >= 11 is 0. The monoisotopic (exact) mass is 198 g/mol. The number of carbonyl (C=O) groups excluding carboxylic acids is 3. The van der Waals surface area contributed by atoms with Gasteiger partial charge >= 0.3 is 17.9 Å². The fourth-order valence-corrected chi connectivity index (χ4v) is 0.549. The summed E-state index contributed by atoms with van der Waals surface area (Å²) in [5.74, 6) is -1.03. The third kappa shape index (κ3) is 6.78. The van der Waals surface area contributed by atoms with Gasteiger partial charge in [0.25, 0.3) is 0 Å². The van der Waals surface area contributed by atoms with E-state index in [1.807, 2.05) is 0 Å². The van der Waals surface area contributed by atoms with Crippen molar-refractivity contribution >= 4 is 17.9 Å². The molecule has 14 heavy (non-hydrogen) atoms. The molecule has 0 spiro atoms. The maximum absolute atomic E-state index is 9.97. The van der Waals surface area contributed by atoms with Gasteiger partial charge in [-0.3, -0.25) is 4.79 Å². The van der Waals surface area contributed by atoms with Gasteiger partial charge in [0.05, 0.1) is 5.76 Å². The van der Waals surface area contributed by atoms with Gasteiger partial charge in [-0.1, -0.05) is 6.58 Å². The second-order valence-electron chi connectivity index (χ2n) is 2.37. The molecule has 1 rings (SSSR count). The molecule has 0 atom stereocenters. The Morgan fingerprint density at radius 3 is 1.79 bits per heavy atom. The van der Waals surface area contributed by atoms with E-state index < -0.39 is 11.9 Å². The van der Waals surface area contributed by atoms with E-state index in [0.717, 1.165) is 12.2 Å². The van der Waals surface area contributed by atoms with E-state index in [-0.39, 0.29) is 5.97 Å². The SMILES string of the molecule is C=C(C)OC(C)=O.O=C1C=CC(=O)O1. The molecule has 0 unspecified atom stereocenters. The van der Waals surface area contributed by atoms with Crippen molar-refractivity contribution < 1.29 is 23.9 Å². The third-order valence-electron chi connectivity index (χ3n) is 0.875. The van der Waals surface area contributed by atoms with Crippen molar-refractivity contribution in [3.8, 4) is 0 Å². The highest BCUT2D eigenvalue weighted by Gasteiger charge is 2.10. The smallest absolute Gasteiger partial charge is 0.338 e. The van der Waals surface area contributed by atoms with Crippen LogP contribution in [0.15, 0.2) is 24.5 Å². The zero-order valence-electron chi connectivity index (χ0n) is 7.90. The molecule has 5 nitrogen and oxygen atoms in total. The molecule has 0 aromatic carbocycles. The molecule has 0 N–H and O–H groups in total. The van der Waals surface area contributed by atoms with Crippen molar-refractivity contribution in [3.63, 3.8) is 0 Å².